The minimum absolute atomic E-state index is 0.0596. The highest BCUT2D eigenvalue weighted by Crippen LogP contribution is 2.52. The molecule has 1 N–H and O–H groups in total. The SMILES string of the molecule is CC(C)(C)c1cc2cc(CC(=O)C3(c4ccc5c(c4)OC(F)(F)O5)CC3)c(F)cc2[nH]1. The molecule has 0 amide bonds. The van der Waals surface area contributed by atoms with Crippen molar-refractivity contribution in [2.75, 3.05) is 0 Å². The minimum atomic E-state index is -3.71. The van der Waals surface area contributed by atoms with Crippen LogP contribution >= 0.6 is 0 Å². The number of rotatable bonds is 4. The fourth-order valence-corrected chi connectivity index (χ4v) is 4.18. The van der Waals surface area contributed by atoms with Crippen LogP contribution in [0.2, 0.25) is 0 Å². The van der Waals surface area contributed by atoms with E-state index in [1.54, 1.807) is 12.1 Å². The van der Waals surface area contributed by atoms with Gasteiger partial charge in [0.1, 0.15) is 11.6 Å². The first-order valence-corrected chi connectivity index (χ1v) is 10.2. The van der Waals surface area contributed by atoms with Gasteiger partial charge in [-0.05, 0) is 54.3 Å². The van der Waals surface area contributed by atoms with Crippen molar-refractivity contribution in [3.63, 3.8) is 0 Å². The molecule has 1 aliphatic heterocycles. The van der Waals surface area contributed by atoms with Crippen molar-refractivity contribution in [1.82, 2.24) is 4.98 Å². The van der Waals surface area contributed by atoms with Gasteiger partial charge in [-0.2, -0.15) is 0 Å². The summed E-state index contributed by atoms with van der Waals surface area (Å²) in [5.74, 6) is -0.723. The van der Waals surface area contributed by atoms with Gasteiger partial charge in [-0.25, -0.2) is 4.39 Å². The summed E-state index contributed by atoms with van der Waals surface area (Å²) < 4.78 is 50.4. The molecule has 1 saturated carbocycles. The highest BCUT2D eigenvalue weighted by Gasteiger charge is 2.52. The van der Waals surface area contributed by atoms with E-state index in [1.165, 1.54) is 18.2 Å². The van der Waals surface area contributed by atoms with Crippen LogP contribution in [0, 0.1) is 5.82 Å². The van der Waals surface area contributed by atoms with Gasteiger partial charge in [-0.15, -0.1) is 8.78 Å². The maximum atomic E-state index is 14.8. The second-order valence-corrected chi connectivity index (χ2v) is 9.47. The zero-order chi connectivity index (χ0) is 22.2. The van der Waals surface area contributed by atoms with Gasteiger partial charge in [0, 0.05) is 28.4 Å². The molecule has 162 valence electrons. The number of hydrogen-bond acceptors (Lipinski definition) is 3. The Labute approximate surface area is 177 Å². The van der Waals surface area contributed by atoms with Crippen molar-refractivity contribution in [1.29, 1.82) is 0 Å². The molecule has 3 aromatic rings. The van der Waals surface area contributed by atoms with Gasteiger partial charge >= 0.3 is 6.29 Å². The van der Waals surface area contributed by atoms with Gasteiger partial charge in [-0.3, -0.25) is 4.79 Å². The smallest absolute Gasteiger partial charge is 0.395 e. The van der Waals surface area contributed by atoms with Crippen molar-refractivity contribution in [2.45, 2.75) is 57.2 Å². The molecule has 0 saturated heterocycles. The van der Waals surface area contributed by atoms with Gasteiger partial charge in [0.2, 0.25) is 0 Å². The standard InChI is InChI=1S/C24H22F3NO3/c1-22(2,3)20-9-14-8-13(16(25)12-17(14)28-20)10-21(29)23(6-7-23)15-4-5-18-19(11-15)31-24(26,27)30-18/h4-5,8-9,11-12,28H,6-7,10H2,1-3H3. The number of halogens is 3. The molecule has 2 heterocycles. The summed E-state index contributed by atoms with van der Waals surface area (Å²) in [6.45, 7) is 6.20. The van der Waals surface area contributed by atoms with Crippen molar-refractivity contribution >= 4 is 16.7 Å². The van der Waals surface area contributed by atoms with E-state index in [1.807, 2.05) is 6.07 Å². The van der Waals surface area contributed by atoms with Gasteiger partial charge in [0.25, 0.3) is 0 Å². The van der Waals surface area contributed by atoms with Crippen LogP contribution in [0.25, 0.3) is 10.9 Å². The Morgan fingerprint density at radius 1 is 1.06 bits per heavy atom. The molecule has 0 bridgehead atoms. The molecule has 0 atom stereocenters. The molecule has 5 rings (SSSR count). The molecule has 1 aliphatic carbocycles. The number of Topliss-reactive ketones (excluding diaryl/α,β-unsaturated/α-hetero) is 1. The van der Waals surface area contributed by atoms with E-state index in [0.29, 0.717) is 29.5 Å². The molecule has 1 aromatic heterocycles. The van der Waals surface area contributed by atoms with Crippen LogP contribution in [0.4, 0.5) is 13.2 Å². The third-order valence-corrected chi connectivity index (χ3v) is 6.18. The third-order valence-electron chi connectivity index (χ3n) is 6.18. The summed E-state index contributed by atoms with van der Waals surface area (Å²) in [5.41, 5.74) is 1.69. The van der Waals surface area contributed by atoms with Gasteiger partial charge in [0.15, 0.2) is 11.5 Å². The number of benzene rings is 2. The van der Waals surface area contributed by atoms with Gasteiger partial charge in [0.05, 0.1) is 5.41 Å². The number of aromatic amines is 1. The summed E-state index contributed by atoms with van der Waals surface area (Å²) in [6, 6.07) is 9.55. The Hall–Kier alpha value is -2.96. The van der Waals surface area contributed by atoms with Crippen LogP contribution in [-0.4, -0.2) is 17.1 Å². The van der Waals surface area contributed by atoms with Crippen molar-refractivity contribution in [2.24, 2.45) is 0 Å². The number of ether oxygens (including phenoxy) is 2. The number of aromatic nitrogens is 1. The average Bonchev–Trinajstić information content (AvgIpc) is 3.27. The molecule has 2 aromatic carbocycles. The number of alkyl halides is 2. The highest BCUT2D eigenvalue weighted by atomic mass is 19.3. The van der Waals surface area contributed by atoms with Gasteiger partial charge in [-0.1, -0.05) is 26.8 Å². The summed E-state index contributed by atoms with van der Waals surface area (Å²) in [7, 11) is 0. The Morgan fingerprint density at radius 3 is 2.45 bits per heavy atom. The molecule has 0 unspecified atom stereocenters. The van der Waals surface area contributed by atoms with E-state index >= 15 is 0 Å². The molecule has 31 heavy (non-hydrogen) atoms. The molecule has 4 nitrogen and oxygen atoms in total. The fraction of sp³-hybridized carbons (Fsp3) is 0.375. The van der Waals surface area contributed by atoms with E-state index in [4.69, 9.17) is 0 Å². The number of H-pyrrole nitrogens is 1. The Balaban J connectivity index is 1.43. The normalized spacial score (nSPS) is 18.4. The number of carbonyl (C=O) groups is 1. The molecule has 2 aliphatic rings. The molecule has 0 radical (unpaired) electrons. The topological polar surface area (TPSA) is 51.3 Å². The summed E-state index contributed by atoms with van der Waals surface area (Å²) in [5, 5.41) is 0.851. The Kier molecular flexibility index (Phi) is 4.04. The van der Waals surface area contributed by atoms with E-state index in [-0.39, 0.29) is 29.1 Å². The predicted octanol–water partition coefficient (Wildman–Crippen LogP) is 5.77. The van der Waals surface area contributed by atoms with E-state index in [9.17, 15) is 18.0 Å². The number of ketones is 1. The lowest BCUT2D eigenvalue weighted by Gasteiger charge is -2.15. The largest absolute Gasteiger partial charge is 0.586 e. The van der Waals surface area contributed by atoms with Crippen LogP contribution < -0.4 is 9.47 Å². The molecular formula is C24H22F3NO3. The van der Waals surface area contributed by atoms with Crippen LogP contribution in [0.3, 0.4) is 0 Å². The molecular weight excluding hydrogens is 407 g/mol. The Morgan fingerprint density at radius 2 is 1.77 bits per heavy atom. The zero-order valence-electron chi connectivity index (χ0n) is 17.4. The minimum Gasteiger partial charge on any atom is -0.395 e. The molecule has 1 fully saturated rings. The van der Waals surface area contributed by atoms with E-state index in [0.717, 1.165) is 11.1 Å². The predicted molar refractivity (Wildman–Crippen MR) is 109 cm³/mol. The zero-order valence-corrected chi connectivity index (χ0v) is 17.4. The second-order valence-electron chi connectivity index (χ2n) is 9.47. The lowest BCUT2D eigenvalue weighted by Crippen LogP contribution is -2.26. The van der Waals surface area contributed by atoms with E-state index in [2.05, 4.69) is 35.2 Å². The fourth-order valence-electron chi connectivity index (χ4n) is 4.18. The first-order valence-electron chi connectivity index (χ1n) is 10.2. The summed E-state index contributed by atoms with van der Waals surface area (Å²) >= 11 is 0. The lowest BCUT2D eigenvalue weighted by molar-refractivity contribution is -0.286. The first kappa shape index (κ1) is 20.0. The van der Waals surface area contributed by atoms with Crippen molar-refractivity contribution < 1.29 is 27.4 Å². The second kappa shape index (κ2) is 6.28. The molecule has 7 heteroatoms. The van der Waals surface area contributed by atoms with Gasteiger partial charge < -0.3 is 14.5 Å². The van der Waals surface area contributed by atoms with Crippen molar-refractivity contribution in [3.05, 3.63) is 59.0 Å². The highest BCUT2D eigenvalue weighted by molar-refractivity contribution is 5.95. The maximum Gasteiger partial charge on any atom is 0.586 e. The third kappa shape index (κ3) is 3.36. The number of fused-ring (bicyclic) bond motifs is 2. The summed E-state index contributed by atoms with van der Waals surface area (Å²) in [4.78, 5) is 16.4. The number of carbonyl (C=O) groups excluding carboxylic acids is 1. The monoisotopic (exact) mass is 429 g/mol. The average molecular weight is 429 g/mol. The van der Waals surface area contributed by atoms with Crippen LogP contribution in [0.15, 0.2) is 36.4 Å². The van der Waals surface area contributed by atoms with Crippen LogP contribution in [0.1, 0.15) is 50.4 Å². The first-order chi connectivity index (χ1) is 14.5. The van der Waals surface area contributed by atoms with E-state index < -0.39 is 17.5 Å². The number of hydrogen-bond donors (Lipinski definition) is 1. The lowest BCUT2D eigenvalue weighted by atomic mass is 9.87. The molecule has 0 spiro atoms. The quantitative estimate of drug-likeness (QED) is 0.573. The maximum absolute atomic E-state index is 14.8. The Bertz CT molecular complexity index is 1220. The number of nitrogens with one attached hydrogen (secondary N) is 1. The van der Waals surface area contributed by atoms with Crippen molar-refractivity contribution in [3.8, 4) is 11.5 Å². The summed E-state index contributed by atoms with van der Waals surface area (Å²) in [6.07, 6.45) is -2.60. The van der Waals surface area contributed by atoms with Crippen LogP contribution in [-0.2, 0) is 22.0 Å². The van der Waals surface area contributed by atoms with Crippen LogP contribution in [0.5, 0.6) is 11.5 Å².